The maximum Gasteiger partial charge on any atom is 0.407 e. The summed E-state index contributed by atoms with van der Waals surface area (Å²) >= 11 is 0. The predicted molar refractivity (Wildman–Crippen MR) is 95.1 cm³/mol. The van der Waals surface area contributed by atoms with Crippen LogP contribution in [0.4, 0.5) is 4.79 Å². The molecule has 0 aliphatic carbocycles. The summed E-state index contributed by atoms with van der Waals surface area (Å²) in [5.74, 6) is 0. The van der Waals surface area contributed by atoms with Gasteiger partial charge in [0.15, 0.2) is 0 Å². The molecule has 0 spiro atoms. The average Bonchev–Trinajstić information content (AvgIpc) is 2.48. The first-order valence-corrected chi connectivity index (χ1v) is 9.37. The van der Waals surface area contributed by atoms with Crippen molar-refractivity contribution in [1.82, 2.24) is 15.1 Å². The molecule has 1 amide bonds. The van der Waals surface area contributed by atoms with Crippen LogP contribution >= 0.6 is 0 Å². The summed E-state index contributed by atoms with van der Waals surface area (Å²) in [4.78, 5) is 16.8. The third kappa shape index (κ3) is 6.57. The van der Waals surface area contributed by atoms with Crippen LogP contribution in [0, 0.1) is 0 Å². The van der Waals surface area contributed by atoms with Crippen molar-refractivity contribution in [1.29, 1.82) is 0 Å². The first-order valence-electron chi connectivity index (χ1n) is 9.37. The number of hydrogen-bond donors (Lipinski definition) is 2. The molecule has 0 radical (unpaired) electrons. The Bertz CT molecular complexity index is 395. The van der Waals surface area contributed by atoms with Crippen LogP contribution in [0.1, 0.15) is 53.4 Å². The van der Waals surface area contributed by atoms with Crippen molar-refractivity contribution in [3.63, 3.8) is 0 Å². The Kier molecular flexibility index (Phi) is 6.89. The van der Waals surface area contributed by atoms with E-state index in [4.69, 9.17) is 4.74 Å². The van der Waals surface area contributed by atoms with Gasteiger partial charge in [0, 0.05) is 44.8 Å². The number of aliphatic hydroxyl groups excluding tert-OH is 1. The second-order valence-electron chi connectivity index (χ2n) is 8.34. The molecule has 2 fully saturated rings. The number of alkyl carbamates (subject to hydrolysis) is 1. The molecule has 0 bridgehead atoms. The number of rotatable bonds is 4. The van der Waals surface area contributed by atoms with E-state index in [0.717, 1.165) is 58.4 Å². The van der Waals surface area contributed by atoms with Gasteiger partial charge in [-0.2, -0.15) is 0 Å². The van der Waals surface area contributed by atoms with Crippen molar-refractivity contribution < 1.29 is 14.6 Å². The Hall–Kier alpha value is -0.850. The number of carbonyl (C=O) groups excluding carboxylic acids is 1. The number of ether oxygens (including phenoxy) is 1. The second-order valence-corrected chi connectivity index (χ2v) is 8.34. The Morgan fingerprint density at radius 1 is 1.17 bits per heavy atom. The van der Waals surface area contributed by atoms with Crippen LogP contribution in [0.5, 0.6) is 0 Å². The van der Waals surface area contributed by atoms with Crippen LogP contribution in [0.2, 0.25) is 0 Å². The molecule has 6 heteroatoms. The molecule has 1 atom stereocenters. The molecule has 0 saturated carbocycles. The van der Waals surface area contributed by atoms with Gasteiger partial charge in [-0.1, -0.05) is 0 Å². The molecule has 2 aliphatic rings. The normalized spacial score (nSPS) is 23.9. The minimum absolute atomic E-state index is 0.108. The van der Waals surface area contributed by atoms with Crippen LogP contribution in [0.15, 0.2) is 0 Å². The van der Waals surface area contributed by atoms with Gasteiger partial charge in [-0.3, -0.25) is 4.90 Å². The van der Waals surface area contributed by atoms with E-state index in [1.807, 2.05) is 20.8 Å². The standard InChI is InChI=1S/C18H35N3O3/c1-14(21-11-7-16(22)8-12-21)13-20-9-5-15(6-10-20)19-17(23)24-18(2,3)4/h14-16,22H,5-13H2,1-4H3,(H,19,23). The molecular weight excluding hydrogens is 306 g/mol. The fourth-order valence-electron chi connectivity index (χ4n) is 3.55. The number of aliphatic hydroxyl groups is 1. The average molecular weight is 341 g/mol. The summed E-state index contributed by atoms with van der Waals surface area (Å²) in [5.41, 5.74) is -0.442. The van der Waals surface area contributed by atoms with Crippen LogP contribution < -0.4 is 5.32 Å². The summed E-state index contributed by atoms with van der Waals surface area (Å²) in [7, 11) is 0. The Morgan fingerprint density at radius 2 is 1.75 bits per heavy atom. The topological polar surface area (TPSA) is 65.0 Å². The fourth-order valence-corrected chi connectivity index (χ4v) is 3.55. The van der Waals surface area contributed by atoms with E-state index < -0.39 is 5.60 Å². The Labute approximate surface area is 146 Å². The summed E-state index contributed by atoms with van der Waals surface area (Å²) in [6.07, 6.45) is 3.33. The second kappa shape index (κ2) is 8.50. The van der Waals surface area contributed by atoms with Gasteiger partial charge in [0.25, 0.3) is 0 Å². The molecule has 2 heterocycles. The lowest BCUT2D eigenvalue weighted by atomic mass is 10.0. The minimum atomic E-state index is -0.442. The van der Waals surface area contributed by atoms with Crippen molar-refractivity contribution >= 4 is 6.09 Å². The Morgan fingerprint density at radius 3 is 2.29 bits per heavy atom. The summed E-state index contributed by atoms with van der Waals surface area (Å²) in [6.45, 7) is 13.0. The summed E-state index contributed by atoms with van der Waals surface area (Å²) in [6, 6.07) is 0.740. The Balaban J connectivity index is 1.66. The maximum absolute atomic E-state index is 11.8. The highest BCUT2D eigenvalue weighted by Gasteiger charge is 2.26. The molecule has 2 saturated heterocycles. The highest BCUT2D eigenvalue weighted by molar-refractivity contribution is 5.68. The molecular formula is C18H35N3O3. The predicted octanol–water partition coefficient (Wildman–Crippen LogP) is 1.82. The lowest BCUT2D eigenvalue weighted by Crippen LogP contribution is -2.50. The SMILES string of the molecule is CC(CN1CCC(NC(=O)OC(C)(C)C)CC1)N1CCC(O)CC1. The number of amides is 1. The van der Waals surface area contributed by atoms with Crippen LogP contribution in [-0.2, 0) is 4.74 Å². The van der Waals surface area contributed by atoms with Gasteiger partial charge < -0.3 is 20.1 Å². The summed E-state index contributed by atoms with van der Waals surface area (Å²) in [5, 5.41) is 12.6. The third-order valence-electron chi connectivity index (χ3n) is 4.95. The van der Waals surface area contributed by atoms with Crippen molar-refractivity contribution in [3.8, 4) is 0 Å². The molecule has 1 unspecified atom stereocenters. The molecule has 0 aromatic carbocycles. The monoisotopic (exact) mass is 341 g/mol. The van der Waals surface area contributed by atoms with Crippen LogP contribution in [-0.4, -0.2) is 77.5 Å². The van der Waals surface area contributed by atoms with Crippen molar-refractivity contribution in [2.24, 2.45) is 0 Å². The number of hydrogen-bond acceptors (Lipinski definition) is 5. The zero-order valence-corrected chi connectivity index (χ0v) is 15.8. The number of piperidine rings is 2. The van der Waals surface area contributed by atoms with E-state index in [-0.39, 0.29) is 18.2 Å². The van der Waals surface area contributed by atoms with E-state index in [2.05, 4.69) is 22.0 Å². The van der Waals surface area contributed by atoms with E-state index in [1.54, 1.807) is 0 Å². The summed E-state index contributed by atoms with van der Waals surface area (Å²) < 4.78 is 5.33. The van der Waals surface area contributed by atoms with Crippen LogP contribution in [0.25, 0.3) is 0 Å². The van der Waals surface area contributed by atoms with E-state index in [9.17, 15) is 9.90 Å². The minimum Gasteiger partial charge on any atom is -0.444 e. The van der Waals surface area contributed by atoms with E-state index in [1.165, 1.54) is 0 Å². The number of likely N-dealkylation sites (tertiary alicyclic amines) is 2. The molecule has 6 nitrogen and oxygen atoms in total. The van der Waals surface area contributed by atoms with E-state index in [0.29, 0.717) is 6.04 Å². The van der Waals surface area contributed by atoms with Gasteiger partial charge in [-0.25, -0.2) is 4.79 Å². The molecule has 0 aromatic heterocycles. The highest BCUT2D eigenvalue weighted by Crippen LogP contribution is 2.17. The first kappa shape index (κ1) is 19.5. The number of carbonyl (C=O) groups is 1. The first-order chi connectivity index (χ1) is 11.2. The maximum atomic E-state index is 11.8. The zero-order valence-electron chi connectivity index (χ0n) is 15.8. The molecule has 140 valence electrons. The quantitative estimate of drug-likeness (QED) is 0.817. The zero-order chi connectivity index (χ0) is 17.7. The highest BCUT2D eigenvalue weighted by atomic mass is 16.6. The lowest BCUT2D eigenvalue weighted by molar-refractivity contribution is 0.0422. The van der Waals surface area contributed by atoms with Gasteiger partial charge >= 0.3 is 6.09 Å². The molecule has 2 aliphatic heterocycles. The number of nitrogens with zero attached hydrogens (tertiary/aromatic N) is 2. The molecule has 0 aromatic rings. The molecule has 24 heavy (non-hydrogen) atoms. The smallest absolute Gasteiger partial charge is 0.407 e. The van der Waals surface area contributed by atoms with Gasteiger partial charge in [-0.05, 0) is 53.4 Å². The van der Waals surface area contributed by atoms with Crippen molar-refractivity contribution in [2.45, 2.75) is 77.2 Å². The lowest BCUT2D eigenvalue weighted by Gasteiger charge is -2.39. The molecule has 2 N–H and O–H groups in total. The van der Waals surface area contributed by atoms with Gasteiger partial charge in [0.05, 0.1) is 6.10 Å². The van der Waals surface area contributed by atoms with Gasteiger partial charge in [0.2, 0.25) is 0 Å². The van der Waals surface area contributed by atoms with Gasteiger partial charge in [0.1, 0.15) is 5.60 Å². The van der Waals surface area contributed by atoms with Crippen molar-refractivity contribution in [3.05, 3.63) is 0 Å². The largest absolute Gasteiger partial charge is 0.444 e. The van der Waals surface area contributed by atoms with Gasteiger partial charge in [-0.15, -0.1) is 0 Å². The fraction of sp³-hybridized carbons (Fsp3) is 0.944. The van der Waals surface area contributed by atoms with E-state index >= 15 is 0 Å². The third-order valence-corrected chi connectivity index (χ3v) is 4.95. The van der Waals surface area contributed by atoms with Crippen LogP contribution in [0.3, 0.4) is 0 Å². The number of nitrogens with one attached hydrogen (secondary N) is 1. The van der Waals surface area contributed by atoms with Crippen molar-refractivity contribution in [2.75, 3.05) is 32.7 Å². The molecule has 2 rings (SSSR count).